The Labute approximate surface area is 341 Å². The second kappa shape index (κ2) is 20.3. The van der Waals surface area contributed by atoms with E-state index in [-0.39, 0.29) is 19.5 Å². The molecule has 7 aromatic rings. The van der Waals surface area contributed by atoms with Crippen molar-refractivity contribution in [2.24, 2.45) is 0 Å². The molecule has 0 saturated heterocycles. The molecular formula is C35H29F12N9P2Ru. The smallest absolute Gasteiger partial charge is 0.255 e. The number of aromatic nitrogens is 8. The summed E-state index contributed by atoms with van der Waals surface area (Å²) in [5, 5.41) is 15.5. The number of halogens is 12. The van der Waals surface area contributed by atoms with Gasteiger partial charge in [-0.15, -0.1) is 5.10 Å². The average Bonchev–Trinajstić information content (AvgIpc) is 3.66. The first kappa shape index (κ1) is 51.3. The Morgan fingerprint density at radius 1 is 0.424 bits per heavy atom. The topological polar surface area (TPSA) is 119 Å². The second-order valence-electron chi connectivity index (χ2n) is 10.6. The molecule has 0 bridgehead atoms. The van der Waals surface area contributed by atoms with Crippen LogP contribution >= 0.6 is 15.6 Å². The normalized spacial score (nSPS) is 12.5. The minimum atomic E-state index is -10.7. The molecule has 0 aliphatic heterocycles. The quantitative estimate of drug-likeness (QED) is 0.0972. The van der Waals surface area contributed by atoms with Crippen LogP contribution in [0.4, 0.5) is 50.4 Å². The molecule has 0 N–H and O–H groups in total. The van der Waals surface area contributed by atoms with Gasteiger partial charge >= 0.3 is 85.5 Å². The third-order valence-electron chi connectivity index (χ3n) is 5.63. The molecule has 1 aromatic carbocycles. The van der Waals surface area contributed by atoms with Gasteiger partial charge in [-0.3, -0.25) is 24.9 Å². The van der Waals surface area contributed by atoms with Crippen LogP contribution in [0.2, 0.25) is 0 Å². The zero-order valence-corrected chi connectivity index (χ0v) is 33.3. The molecule has 0 fully saturated rings. The van der Waals surface area contributed by atoms with Gasteiger partial charge in [-0.2, -0.15) is 5.26 Å². The zero-order chi connectivity index (χ0) is 43.5. The Kier molecular flexibility index (Phi) is 17.6. The number of pyridine rings is 5. The van der Waals surface area contributed by atoms with Crippen molar-refractivity contribution in [1.82, 2.24) is 39.9 Å². The number of nitrogens with zero attached hydrogens (tertiary/aromatic N) is 9. The first-order chi connectivity index (χ1) is 26.7. The molecule has 0 amide bonds. The number of nitriles is 1. The fourth-order valence-electron chi connectivity index (χ4n) is 3.66. The maximum atomic E-state index is 9.87. The molecule has 6 heterocycles. The van der Waals surface area contributed by atoms with Gasteiger partial charge in [0.2, 0.25) is 0 Å². The zero-order valence-electron chi connectivity index (χ0n) is 29.8. The van der Waals surface area contributed by atoms with Gasteiger partial charge in [-0.1, -0.05) is 53.7 Å². The summed E-state index contributed by atoms with van der Waals surface area (Å²) in [5.74, 6) is 0. The molecule has 7 rings (SSSR count). The monoisotopic (exact) mass is 967 g/mol. The minimum Gasteiger partial charge on any atom is -0.255 e. The summed E-state index contributed by atoms with van der Waals surface area (Å²) in [6.07, 6.45) is 10.7. The fraction of sp³-hybridized carbons (Fsp3) is 0.0286. The second-order valence-corrected chi connectivity index (χ2v) is 14.4. The maximum Gasteiger partial charge on any atom is 2.00 e. The molecule has 9 nitrogen and oxygen atoms in total. The number of hydrogen-bond acceptors (Lipinski definition) is 8. The van der Waals surface area contributed by atoms with Crippen LogP contribution in [0.25, 0.3) is 39.9 Å². The van der Waals surface area contributed by atoms with E-state index in [9.17, 15) is 50.4 Å². The van der Waals surface area contributed by atoms with Crippen molar-refractivity contribution in [3.8, 4) is 45.9 Å². The van der Waals surface area contributed by atoms with Crippen molar-refractivity contribution in [2.75, 3.05) is 0 Å². The molecule has 59 heavy (non-hydrogen) atoms. The largest absolute Gasteiger partial charge is 2.00 e. The van der Waals surface area contributed by atoms with E-state index >= 15 is 0 Å². The molecular weight excluding hydrogens is 937 g/mol. The van der Waals surface area contributed by atoms with Crippen molar-refractivity contribution >= 4 is 15.6 Å². The van der Waals surface area contributed by atoms with Crippen molar-refractivity contribution in [2.45, 2.75) is 6.92 Å². The van der Waals surface area contributed by atoms with Gasteiger partial charge < -0.3 is 0 Å². The molecule has 24 heteroatoms. The van der Waals surface area contributed by atoms with Crippen LogP contribution in [-0.4, -0.2) is 39.9 Å². The summed E-state index contributed by atoms with van der Waals surface area (Å²) >= 11 is 0. The standard InChI is InChI=1S/C13H10N4.2C10H8N2.C2H3N.2F6P.Ru/c1-2-6-11(7-3-1)17-10-13(15-16-17)12-8-4-5-9-14-12;2*1-3-7-11-9(5-1)10-6-2-4-8-12-10;1-2-3;2*1-7(2,3,4,5)6;/h1-10H;2*1-8H;1H3;;;/q;;;;2*-1;+2. The third kappa shape index (κ3) is 29.2. The Morgan fingerprint density at radius 2 is 0.661 bits per heavy atom. The number of rotatable bonds is 4. The van der Waals surface area contributed by atoms with Gasteiger partial charge in [-0.05, 0) is 72.8 Å². The SMILES string of the molecule is CC#N.F[P-](F)(F)(F)(F)F.F[P-](F)(F)(F)(F)F.[Ru+2].c1ccc(-c2ccccn2)nc1.c1ccc(-c2ccccn2)nc1.c1ccc(-n2cc(-c3ccccn3)nn2)cc1. The molecule has 0 atom stereocenters. The summed E-state index contributed by atoms with van der Waals surface area (Å²) in [6.45, 7) is 1.43. The number of hydrogen-bond donors (Lipinski definition) is 0. The van der Waals surface area contributed by atoms with E-state index in [4.69, 9.17) is 5.26 Å². The molecule has 0 unspecified atom stereocenters. The summed E-state index contributed by atoms with van der Waals surface area (Å²) in [7, 11) is -21.3. The predicted octanol–water partition coefficient (Wildman–Crippen LogP) is 13.9. The van der Waals surface area contributed by atoms with Crippen LogP contribution in [-0.2, 0) is 19.5 Å². The first-order valence-electron chi connectivity index (χ1n) is 15.7. The van der Waals surface area contributed by atoms with Crippen molar-refractivity contribution < 1.29 is 69.8 Å². The average molecular weight is 967 g/mol. The minimum absolute atomic E-state index is 0. The molecule has 0 saturated carbocycles. The molecule has 0 aliphatic carbocycles. The van der Waals surface area contributed by atoms with Crippen LogP contribution in [0.3, 0.4) is 0 Å². The Balaban J connectivity index is 0.000000375. The predicted molar refractivity (Wildman–Crippen MR) is 198 cm³/mol. The van der Waals surface area contributed by atoms with E-state index in [0.29, 0.717) is 0 Å². The van der Waals surface area contributed by atoms with Gasteiger partial charge in [0.25, 0.3) is 0 Å². The summed E-state index contributed by atoms with van der Waals surface area (Å²) in [6, 6.07) is 40.5. The van der Waals surface area contributed by atoms with Gasteiger partial charge in [0, 0.05) is 37.9 Å². The first-order valence-corrected chi connectivity index (χ1v) is 19.7. The van der Waals surface area contributed by atoms with Crippen LogP contribution in [0.15, 0.2) is 159 Å². The van der Waals surface area contributed by atoms with Crippen molar-refractivity contribution in [1.29, 1.82) is 5.26 Å². The van der Waals surface area contributed by atoms with Gasteiger partial charge in [0.05, 0.1) is 46.4 Å². The molecule has 0 aliphatic rings. The van der Waals surface area contributed by atoms with Crippen LogP contribution in [0.5, 0.6) is 0 Å². The van der Waals surface area contributed by atoms with E-state index < -0.39 is 15.6 Å². The van der Waals surface area contributed by atoms with E-state index in [1.165, 1.54) is 6.92 Å². The number of benzene rings is 1. The Bertz CT molecular complexity index is 2020. The summed E-state index contributed by atoms with van der Waals surface area (Å²) in [4.78, 5) is 21.0. The molecule has 6 aromatic heterocycles. The van der Waals surface area contributed by atoms with Crippen LogP contribution in [0, 0.1) is 11.3 Å². The molecule has 316 valence electrons. The van der Waals surface area contributed by atoms with Crippen LogP contribution in [0.1, 0.15) is 6.92 Å². The van der Waals surface area contributed by atoms with E-state index in [0.717, 1.165) is 39.9 Å². The summed E-state index contributed by atoms with van der Waals surface area (Å²) < 4.78 is 120. The van der Waals surface area contributed by atoms with Crippen molar-refractivity contribution in [3.63, 3.8) is 0 Å². The van der Waals surface area contributed by atoms with Gasteiger partial charge in [0.1, 0.15) is 5.69 Å². The van der Waals surface area contributed by atoms with E-state index in [1.807, 2.05) is 128 Å². The molecule has 0 radical (unpaired) electrons. The molecule has 0 spiro atoms. The number of para-hydroxylation sites is 1. The fourth-order valence-corrected chi connectivity index (χ4v) is 3.66. The summed E-state index contributed by atoms with van der Waals surface area (Å²) in [5.41, 5.74) is 6.25. The Morgan fingerprint density at radius 3 is 0.898 bits per heavy atom. The van der Waals surface area contributed by atoms with E-state index in [2.05, 4.69) is 35.2 Å². The van der Waals surface area contributed by atoms with Crippen molar-refractivity contribution in [3.05, 3.63) is 159 Å². The Hall–Kier alpha value is -5.76. The maximum absolute atomic E-state index is 10.7. The van der Waals surface area contributed by atoms with Gasteiger partial charge in [0.15, 0.2) is 0 Å². The van der Waals surface area contributed by atoms with E-state index in [1.54, 1.807) is 41.7 Å². The third-order valence-corrected chi connectivity index (χ3v) is 5.63. The van der Waals surface area contributed by atoms with Crippen LogP contribution < -0.4 is 0 Å². The van der Waals surface area contributed by atoms with Gasteiger partial charge in [-0.25, -0.2) is 4.68 Å².